The molecule has 0 saturated carbocycles. The molecule has 2 nitrogen and oxygen atoms in total. The van der Waals surface area contributed by atoms with Gasteiger partial charge in [0.1, 0.15) is 5.76 Å². The summed E-state index contributed by atoms with van der Waals surface area (Å²) in [6.45, 7) is 3.38. The highest BCUT2D eigenvalue weighted by molar-refractivity contribution is 8.00. The quantitative estimate of drug-likeness (QED) is 0.708. The zero-order chi connectivity index (χ0) is 9.60. The van der Waals surface area contributed by atoms with E-state index in [1.807, 2.05) is 6.26 Å². The molecule has 0 bridgehead atoms. The van der Waals surface area contributed by atoms with Gasteiger partial charge >= 0.3 is 0 Å². The van der Waals surface area contributed by atoms with Gasteiger partial charge in [-0.1, -0.05) is 6.92 Å². The maximum Gasteiger partial charge on any atom is 0.110 e. The number of hydrogen-bond donors (Lipinski definition) is 1. The van der Waals surface area contributed by atoms with Crippen molar-refractivity contribution < 1.29 is 4.42 Å². The second kappa shape index (κ2) is 3.04. The normalized spacial score (nSPS) is 36.2. The Balaban J connectivity index is 2.03. The Morgan fingerprint density at radius 2 is 2.57 bits per heavy atom. The molecular weight excluding hydrogens is 194 g/mol. The van der Waals surface area contributed by atoms with E-state index in [2.05, 4.69) is 30.1 Å². The molecule has 1 aromatic heterocycles. The van der Waals surface area contributed by atoms with Crippen LogP contribution in [-0.2, 0) is 12.0 Å². The molecule has 2 unspecified atom stereocenters. The maximum atomic E-state index is 5.53. The zero-order valence-corrected chi connectivity index (χ0v) is 9.19. The predicted octanol–water partition coefficient (Wildman–Crippen LogP) is 2.15. The van der Waals surface area contributed by atoms with E-state index in [-0.39, 0.29) is 5.54 Å². The van der Waals surface area contributed by atoms with Crippen molar-refractivity contribution in [1.29, 1.82) is 0 Å². The van der Waals surface area contributed by atoms with Gasteiger partial charge in [-0.2, -0.15) is 11.8 Å². The molecule has 2 aliphatic heterocycles. The van der Waals surface area contributed by atoms with Crippen LogP contribution >= 0.6 is 11.8 Å². The van der Waals surface area contributed by atoms with Crippen molar-refractivity contribution in [1.82, 2.24) is 5.32 Å². The second-order valence-corrected chi connectivity index (χ2v) is 5.77. The lowest BCUT2D eigenvalue weighted by atomic mass is 9.84. The van der Waals surface area contributed by atoms with Crippen molar-refractivity contribution in [3.63, 3.8) is 0 Å². The highest BCUT2D eigenvalue weighted by Crippen LogP contribution is 2.44. The summed E-state index contributed by atoms with van der Waals surface area (Å²) >= 11 is 2.07. The molecule has 0 amide bonds. The Morgan fingerprint density at radius 1 is 1.64 bits per heavy atom. The van der Waals surface area contributed by atoms with E-state index >= 15 is 0 Å². The monoisotopic (exact) mass is 209 g/mol. The number of furan rings is 1. The summed E-state index contributed by atoms with van der Waals surface area (Å²) in [5.41, 5.74) is 1.64. The molecule has 0 aromatic carbocycles. The van der Waals surface area contributed by atoms with Gasteiger partial charge in [-0.05, 0) is 12.5 Å². The molecule has 1 spiro atoms. The Bertz CT molecular complexity index is 349. The standard InChI is InChI=1S/C11H15NOS/c1-8-6-11(7-14-8)9-3-5-13-10(9)2-4-12-11/h3,5,8,12H,2,4,6-7H2,1H3. The van der Waals surface area contributed by atoms with E-state index < -0.39 is 0 Å². The summed E-state index contributed by atoms with van der Waals surface area (Å²) < 4.78 is 5.53. The molecule has 2 atom stereocenters. The van der Waals surface area contributed by atoms with Crippen molar-refractivity contribution in [2.45, 2.75) is 30.6 Å². The van der Waals surface area contributed by atoms with Crippen LogP contribution in [0, 0.1) is 0 Å². The molecule has 1 saturated heterocycles. The van der Waals surface area contributed by atoms with Gasteiger partial charge in [0, 0.05) is 29.5 Å². The molecule has 14 heavy (non-hydrogen) atoms. The van der Waals surface area contributed by atoms with Gasteiger partial charge in [-0.3, -0.25) is 0 Å². The maximum absolute atomic E-state index is 5.53. The number of thioether (sulfide) groups is 1. The minimum absolute atomic E-state index is 0.227. The Labute approximate surface area is 88.4 Å². The summed E-state index contributed by atoms with van der Waals surface area (Å²) in [6.07, 6.45) is 4.13. The van der Waals surface area contributed by atoms with Crippen LogP contribution in [0.4, 0.5) is 0 Å². The minimum Gasteiger partial charge on any atom is -0.469 e. The second-order valence-electron chi connectivity index (χ2n) is 4.34. The van der Waals surface area contributed by atoms with Crippen molar-refractivity contribution in [2.24, 2.45) is 0 Å². The molecule has 3 heteroatoms. The topological polar surface area (TPSA) is 25.2 Å². The summed E-state index contributed by atoms with van der Waals surface area (Å²) in [5, 5.41) is 4.45. The number of hydrogen-bond acceptors (Lipinski definition) is 3. The third kappa shape index (κ3) is 1.15. The van der Waals surface area contributed by atoms with Gasteiger partial charge in [-0.25, -0.2) is 0 Å². The van der Waals surface area contributed by atoms with Gasteiger partial charge in [0.15, 0.2) is 0 Å². The molecule has 1 fully saturated rings. The fourth-order valence-corrected chi connectivity index (χ4v) is 4.02. The smallest absolute Gasteiger partial charge is 0.110 e. The molecule has 3 rings (SSSR count). The largest absolute Gasteiger partial charge is 0.469 e. The number of fused-ring (bicyclic) bond motifs is 2. The van der Waals surface area contributed by atoms with Crippen molar-refractivity contribution in [3.05, 3.63) is 23.7 Å². The fourth-order valence-electron chi connectivity index (χ4n) is 2.68. The molecule has 0 radical (unpaired) electrons. The summed E-state index contributed by atoms with van der Waals surface area (Å²) in [4.78, 5) is 0. The first-order valence-corrected chi connectivity index (χ1v) is 6.28. The summed E-state index contributed by atoms with van der Waals surface area (Å²) in [7, 11) is 0. The van der Waals surface area contributed by atoms with Crippen molar-refractivity contribution in [2.75, 3.05) is 12.3 Å². The van der Waals surface area contributed by atoms with Crippen LogP contribution in [0.3, 0.4) is 0 Å². The lowest BCUT2D eigenvalue weighted by molar-refractivity contribution is 0.324. The number of nitrogens with one attached hydrogen (secondary N) is 1. The molecule has 76 valence electrons. The third-order valence-electron chi connectivity index (χ3n) is 3.33. The Morgan fingerprint density at radius 3 is 3.36 bits per heavy atom. The molecule has 1 N–H and O–H groups in total. The van der Waals surface area contributed by atoms with Crippen LogP contribution in [0.5, 0.6) is 0 Å². The molecular formula is C11H15NOS. The average Bonchev–Trinajstić information content (AvgIpc) is 2.75. The SMILES string of the molecule is CC1CC2(CS1)NCCc1occc12. The van der Waals surface area contributed by atoms with Crippen LogP contribution in [0.1, 0.15) is 24.7 Å². The Kier molecular flexibility index (Phi) is 1.92. The highest BCUT2D eigenvalue weighted by Gasteiger charge is 2.43. The predicted molar refractivity (Wildman–Crippen MR) is 58.6 cm³/mol. The Hall–Kier alpha value is -0.410. The van der Waals surface area contributed by atoms with E-state index in [0.29, 0.717) is 0 Å². The fraction of sp³-hybridized carbons (Fsp3) is 0.636. The van der Waals surface area contributed by atoms with Gasteiger partial charge in [0.05, 0.1) is 11.8 Å². The average molecular weight is 209 g/mol. The van der Waals surface area contributed by atoms with E-state index in [1.54, 1.807) is 0 Å². The van der Waals surface area contributed by atoms with Crippen LogP contribution in [0.15, 0.2) is 16.7 Å². The van der Waals surface area contributed by atoms with Gasteiger partial charge in [0.25, 0.3) is 0 Å². The first kappa shape index (κ1) is 8.86. The van der Waals surface area contributed by atoms with Crippen LogP contribution in [-0.4, -0.2) is 17.5 Å². The van der Waals surface area contributed by atoms with Crippen LogP contribution < -0.4 is 5.32 Å². The third-order valence-corrected chi connectivity index (χ3v) is 4.72. The van der Waals surface area contributed by atoms with Crippen LogP contribution in [0.2, 0.25) is 0 Å². The van der Waals surface area contributed by atoms with Crippen molar-refractivity contribution >= 4 is 11.8 Å². The van der Waals surface area contributed by atoms with E-state index in [0.717, 1.165) is 18.2 Å². The van der Waals surface area contributed by atoms with Crippen molar-refractivity contribution in [3.8, 4) is 0 Å². The van der Waals surface area contributed by atoms with Crippen LogP contribution in [0.25, 0.3) is 0 Å². The summed E-state index contributed by atoms with van der Waals surface area (Å²) in [6, 6.07) is 2.15. The molecule has 1 aromatic rings. The summed E-state index contributed by atoms with van der Waals surface area (Å²) in [5.74, 6) is 2.40. The van der Waals surface area contributed by atoms with Gasteiger partial charge < -0.3 is 9.73 Å². The molecule has 0 aliphatic carbocycles. The molecule has 2 aliphatic rings. The first-order valence-electron chi connectivity index (χ1n) is 5.24. The molecule has 3 heterocycles. The van der Waals surface area contributed by atoms with E-state index in [4.69, 9.17) is 4.42 Å². The van der Waals surface area contributed by atoms with E-state index in [9.17, 15) is 0 Å². The lowest BCUT2D eigenvalue weighted by Crippen LogP contribution is -2.47. The number of rotatable bonds is 0. The van der Waals surface area contributed by atoms with Gasteiger partial charge in [-0.15, -0.1) is 0 Å². The first-order chi connectivity index (χ1) is 6.80. The zero-order valence-electron chi connectivity index (χ0n) is 8.38. The highest BCUT2D eigenvalue weighted by atomic mass is 32.2. The lowest BCUT2D eigenvalue weighted by Gasteiger charge is -2.33. The van der Waals surface area contributed by atoms with E-state index in [1.165, 1.54) is 23.5 Å². The minimum atomic E-state index is 0.227. The van der Waals surface area contributed by atoms with Gasteiger partial charge in [0.2, 0.25) is 0 Å².